The van der Waals surface area contributed by atoms with Gasteiger partial charge in [0, 0.05) is 25.7 Å². The second-order valence-corrected chi connectivity index (χ2v) is 4.10. The summed E-state index contributed by atoms with van der Waals surface area (Å²) in [6.45, 7) is 1.24. The van der Waals surface area contributed by atoms with E-state index in [0.29, 0.717) is 13.2 Å². The van der Waals surface area contributed by atoms with Crippen LogP contribution in [0.15, 0.2) is 30.3 Å². The predicted molar refractivity (Wildman–Crippen MR) is 65.4 cm³/mol. The number of hydrogen-bond acceptors (Lipinski definition) is 3. The lowest BCUT2D eigenvalue weighted by molar-refractivity contribution is 0.153. The minimum atomic E-state index is -0.320. The Balaban J connectivity index is 2.79. The summed E-state index contributed by atoms with van der Waals surface area (Å²) in [7, 11) is 1.69. The van der Waals surface area contributed by atoms with E-state index in [9.17, 15) is 5.11 Å². The van der Waals surface area contributed by atoms with Gasteiger partial charge >= 0.3 is 0 Å². The molecule has 0 heterocycles. The Morgan fingerprint density at radius 2 is 2.00 bits per heavy atom. The molecule has 1 aromatic rings. The normalized spacial score (nSPS) is 14.7. The van der Waals surface area contributed by atoms with E-state index in [2.05, 4.69) is 0 Å². The van der Waals surface area contributed by atoms with Crippen LogP contribution in [-0.2, 0) is 10.2 Å². The van der Waals surface area contributed by atoms with Crippen LogP contribution in [-0.4, -0.2) is 32.0 Å². The fraction of sp³-hybridized carbons (Fsp3) is 0.538. The first kappa shape index (κ1) is 13.2. The van der Waals surface area contributed by atoms with Gasteiger partial charge in [-0.1, -0.05) is 30.3 Å². The van der Waals surface area contributed by atoms with E-state index in [1.54, 1.807) is 7.11 Å². The Morgan fingerprint density at radius 3 is 2.50 bits per heavy atom. The van der Waals surface area contributed by atoms with Gasteiger partial charge in [-0.05, 0) is 18.4 Å². The van der Waals surface area contributed by atoms with Gasteiger partial charge < -0.3 is 15.6 Å². The number of hydrogen-bond donors (Lipinski definition) is 2. The molecule has 0 spiro atoms. The lowest BCUT2D eigenvalue weighted by Crippen LogP contribution is -2.39. The summed E-state index contributed by atoms with van der Waals surface area (Å²) in [6.07, 6.45) is 1.75. The Bertz CT molecular complexity index is 283. The molecule has 0 saturated carbocycles. The molecular weight excluding hydrogens is 202 g/mol. The number of rotatable bonds is 7. The highest BCUT2D eigenvalue weighted by Crippen LogP contribution is 2.27. The lowest BCUT2D eigenvalue weighted by Gasteiger charge is -2.31. The van der Waals surface area contributed by atoms with E-state index in [1.165, 1.54) is 0 Å². The van der Waals surface area contributed by atoms with Crippen molar-refractivity contribution in [2.75, 3.05) is 26.9 Å². The van der Waals surface area contributed by atoms with Crippen LogP contribution in [0.4, 0.5) is 0 Å². The van der Waals surface area contributed by atoms with Gasteiger partial charge in [0.15, 0.2) is 0 Å². The molecule has 3 heteroatoms. The van der Waals surface area contributed by atoms with Crippen molar-refractivity contribution in [1.29, 1.82) is 0 Å². The van der Waals surface area contributed by atoms with Gasteiger partial charge in [-0.3, -0.25) is 0 Å². The number of nitrogens with two attached hydrogens (primary N) is 1. The summed E-state index contributed by atoms with van der Waals surface area (Å²) < 4.78 is 5.04. The standard InChI is InChI=1S/C13H21NO2/c1-16-9-5-8-13(10-14,11-15)12-6-3-2-4-7-12/h2-4,6-7,15H,5,8-11,14H2,1H3. The van der Waals surface area contributed by atoms with Crippen molar-refractivity contribution in [2.24, 2.45) is 5.73 Å². The molecule has 3 nitrogen and oxygen atoms in total. The third-order valence-electron chi connectivity index (χ3n) is 3.08. The minimum absolute atomic E-state index is 0.0806. The third-order valence-corrected chi connectivity index (χ3v) is 3.08. The molecule has 0 radical (unpaired) electrons. The third kappa shape index (κ3) is 3.04. The maximum atomic E-state index is 9.61. The second-order valence-electron chi connectivity index (χ2n) is 4.10. The van der Waals surface area contributed by atoms with E-state index in [1.807, 2.05) is 30.3 Å². The van der Waals surface area contributed by atoms with E-state index < -0.39 is 0 Å². The SMILES string of the molecule is COCCCC(CN)(CO)c1ccccc1. The fourth-order valence-electron chi connectivity index (χ4n) is 1.95. The Labute approximate surface area is 97.2 Å². The molecule has 1 aromatic carbocycles. The number of ether oxygens (including phenoxy) is 1. The first-order chi connectivity index (χ1) is 7.79. The van der Waals surface area contributed by atoms with E-state index >= 15 is 0 Å². The van der Waals surface area contributed by atoms with Crippen LogP contribution in [0.5, 0.6) is 0 Å². The molecule has 1 rings (SSSR count). The highest BCUT2D eigenvalue weighted by molar-refractivity contribution is 5.26. The first-order valence-corrected chi connectivity index (χ1v) is 5.64. The number of benzene rings is 1. The molecular formula is C13H21NO2. The number of aliphatic hydroxyl groups is 1. The molecule has 90 valence electrons. The smallest absolute Gasteiger partial charge is 0.0540 e. The van der Waals surface area contributed by atoms with Crippen molar-refractivity contribution in [1.82, 2.24) is 0 Å². The molecule has 0 fully saturated rings. The zero-order valence-electron chi connectivity index (χ0n) is 9.86. The number of methoxy groups -OCH3 is 1. The summed E-state index contributed by atoms with van der Waals surface area (Å²) in [5.74, 6) is 0. The monoisotopic (exact) mass is 223 g/mol. The Hall–Kier alpha value is -0.900. The van der Waals surface area contributed by atoms with Gasteiger partial charge in [-0.15, -0.1) is 0 Å². The molecule has 3 N–H and O–H groups in total. The van der Waals surface area contributed by atoms with Crippen LogP contribution >= 0.6 is 0 Å². The fourth-order valence-corrected chi connectivity index (χ4v) is 1.95. The molecule has 1 atom stereocenters. The topological polar surface area (TPSA) is 55.5 Å². The van der Waals surface area contributed by atoms with Crippen molar-refractivity contribution in [2.45, 2.75) is 18.3 Å². The van der Waals surface area contributed by atoms with E-state index in [4.69, 9.17) is 10.5 Å². The highest BCUT2D eigenvalue weighted by atomic mass is 16.5. The zero-order chi connectivity index (χ0) is 11.9. The molecule has 0 aliphatic heterocycles. The Morgan fingerprint density at radius 1 is 1.31 bits per heavy atom. The average Bonchev–Trinajstić information content (AvgIpc) is 2.36. The van der Waals surface area contributed by atoms with E-state index in [0.717, 1.165) is 18.4 Å². The highest BCUT2D eigenvalue weighted by Gasteiger charge is 2.29. The van der Waals surface area contributed by atoms with Crippen LogP contribution < -0.4 is 5.73 Å². The van der Waals surface area contributed by atoms with Gasteiger partial charge in [0.2, 0.25) is 0 Å². The van der Waals surface area contributed by atoms with Crippen molar-refractivity contribution >= 4 is 0 Å². The summed E-state index contributed by atoms with van der Waals surface area (Å²) in [6, 6.07) is 9.97. The molecule has 0 saturated heterocycles. The number of aliphatic hydroxyl groups excluding tert-OH is 1. The average molecular weight is 223 g/mol. The quantitative estimate of drug-likeness (QED) is 0.685. The molecule has 0 aliphatic carbocycles. The van der Waals surface area contributed by atoms with Gasteiger partial charge in [-0.25, -0.2) is 0 Å². The van der Waals surface area contributed by atoms with Crippen LogP contribution in [0.1, 0.15) is 18.4 Å². The summed E-state index contributed by atoms with van der Waals surface area (Å²) in [5, 5.41) is 9.61. The molecule has 0 bridgehead atoms. The van der Waals surface area contributed by atoms with Gasteiger partial charge in [0.05, 0.1) is 6.61 Å². The maximum Gasteiger partial charge on any atom is 0.0540 e. The molecule has 0 amide bonds. The van der Waals surface area contributed by atoms with Crippen LogP contribution in [0.25, 0.3) is 0 Å². The van der Waals surface area contributed by atoms with Gasteiger partial charge in [0.25, 0.3) is 0 Å². The molecule has 0 aliphatic rings. The van der Waals surface area contributed by atoms with Crippen LogP contribution in [0.2, 0.25) is 0 Å². The summed E-state index contributed by atoms with van der Waals surface area (Å²) >= 11 is 0. The molecule has 16 heavy (non-hydrogen) atoms. The van der Waals surface area contributed by atoms with Crippen molar-refractivity contribution < 1.29 is 9.84 Å². The molecule has 1 unspecified atom stereocenters. The van der Waals surface area contributed by atoms with Crippen molar-refractivity contribution in [3.8, 4) is 0 Å². The van der Waals surface area contributed by atoms with Gasteiger partial charge in [0.1, 0.15) is 0 Å². The van der Waals surface area contributed by atoms with Crippen molar-refractivity contribution in [3.63, 3.8) is 0 Å². The van der Waals surface area contributed by atoms with Crippen LogP contribution in [0, 0.1) is 0 Å². The summed E-state index contributed by atoms with van der Waals surface area (Å²) in [5.41, 5.74) is 6.62. The lowest BCUT2D eigenvalue weighted by atomic mass is 9.77. The van der Waals surface area contributed by atoms with Crippen molar-refractivity contribution in [3.05, 3.63) is 35.9 Å². The Kier molecular flexibility index (Phi) is 5.46. The largest absolute Gasteiger partial charge is 0.395 e. The maximum absolute atomic E-state index is 9.61. The molecule has 0 aromatic heterocycles. The minimum Gasteiger partial charge on any atom is -0.395 e. The second kappa shape index (κ2) is 6.63. The first-order valence-electron chi connectivity index (χ1n) is 5.64. The van der Waals surface area contributed by atoms with Crippen LogP contribution in [0.3, 0.4) is 0 Å². The van der Waals surface area contributed by atoms with E-state index in [-0.39, 0.29) is 12.0 Å². The zero-order valence-corrected chi connectivity index (χ0v) is 9.86. The summed E-state index contributed by atoms with van der Waals surface area (Å²) in [4.78, 5) is 0. The predicted octanol–water partition coefficient (Wildman–Crippen LogP) is 1.30. The van der Waals surface area contributed by atoms with Gasteiger partial charge in [-0.2, -0.15) is 0 Å².